The summed E-state index contributed by atoms with van der Waals surface area (Å²) in [6.45, 7) is 2.55. The fraction of sp³-hybridized carbons (Fsp3) is 0.636. The zero-order valence-corrected chi connectivity index (χ0v) is 10.8. The van der Waals surface area contributed by atoms with E-state index >= 15 is 0 Å². The Balaban J connectivity index is 1.97. The van der Waals surface area contributed by atoms with Crippen LogP contribution in [0.1, 0.15) is 23.8 Å². The number of carbonyl (C=O) groups excluding carboxylic acids is 1. The summed E-state index contributed by atoms with van der Waals surface area (Å²) in [6.07, 6.45) is 2.06. The molecule has 2 unspecified atom stereocenters. The molecule has 0 bridgehead atoms. The Morgan fingerprint density at radius 2 is 2.37 bits per heavy atom. The van der Waals surface area contributed by atoms with E-state index < -0.39 is 5.97 Å². The minimum Gasteiger partial charge on any atom is -0.476 e. The van der Waals surface area contributed by atoms with Crippen LogP contribution in [-0.2, 0) is 16.1 Å². The second-order valence-electron chi connectivity index (χ2n) is 4.54. The number of carboxylic acids is 1. The van der Waals surface area contributed by atoms with Crippen LogP contribution in [0, 0.1) is 0 Å². The lowest BCUT2D eigenvalue weighted by Crippen LogP contribution is -2.42. The summed E-state index contributed by atoms with van der Waals surface area (Å²) in [5.74, 6) is -1.31. The number of hydrogen-bond donors (Lipinski definition) is 1. The molecule has 8 heteroatoms. The van der Waals surface area contributed by atoms with Gasteiger partial charge in [-0.3, -0.25) is 4.79 Å². The van der Waals surface area contributed by atoms with Gasteiger partial charge in [0, 0.05) is 13.7 Å². The van der Waals surface area contributed by atoms with Gasteiger partial charge < -0.3 is 14.7 Å². The molecule has 0 radical (unpaired) electrons. The number of aromatic nitrogens is 3. The highest BCUT2D eigenvalue weighted by Gasteiger charge is 2.30. The molecule has 2 atom stereocenters. The Morgan fingerprint density at radius 1 is 1.63 bits per heavy atom. The fourth-order valence-corrected chi connectivity index (χ4v) is 2.14. The van der Waals surface area contributed by atoms with Crippen molar-refractivity contribution in [1.29, 1.82) is 0 Å². The van der Waals surface area contributed by atoms with E-state index in [0.29, 0.717) is 6.61 Å². The highest BCUT2D eigenvalue weighted by atomic mass is 16.5. The van der Waals surface area contributed by atoms with Crippen molar-refractivity contribution in [2.75, 3.05) is 13.7 Å². The first-order valence-electron chi connectivity index (χ1n) is 5.99. The molecule has 0 spiro atoms. The molecule has 1 fully saturated rings. The van der Waals surface area contributed by atoms with Crippen molar-refractivity contribution >= 4 is 11.9 Å². The number of carbonyl (C=O) groups is 2. The molecule has 2 heterocycles. The number of amides is 1. The van der Waals surface area contributed by atoms with Crippen LogP contribution in [0.15, 0.2) is 6.20 Å². The van der Waals surface area contributed by atoms with E-state index in [9.17, 15) is 9.59 Å². The molecule has 19 heavy (non-hydrogen) atoms. The van der Waals surface area contributed by atoms with Gasteiger partial charge in [-0.2, -0.15) is 0 Å². The molecule has 1 aliphatic rings. The lowest BCUT2D eigenvalue weighted by Gasteiger charge is -2.26. The molecule has 104 valence electrons. The Bertz CT molecular complexity index is 487. The van der Waals surface area contributed by atoms with Gasteiger partial charge in [0.1, 0.15) is 6.54 Å². The molecule has 0 aromatic carbocycles. The molecular weight excluding hydrogens is 252 g/mol. The van der Waals surface area contributed by atoms with E-state index in [1.807, 2.05) is 6.92 Å². The van der Waals surface area contributed by atoms with Crippen LogP contribution in [0.4, 0.5) is 0 Å². The second-order valence-corrected chi connectivity index (χ2v) is 4.54. The molecule has 2 rings (SSSR count). The molecule has 0 aliphatic carbocycles. The van der Waals surface area contributed by atoms with Gasteiger partial charge in [0.15, 0.2) is 5.69 Å². The quantitative estimate of drug-likeness (QED) is 0.798. The first kappa shape index (κ1) is 13.5. The molecule has 0 saturated carbocycles. The molecule has 1 aliphatic heterocycles. The van der Waals surface area contributed by atoms with Crippen LogP contribution in [0.2, 0.25) is 0 Å². The summed E-state index contributed by atoms with van der Waals surface area (Å²) in [5.41, 5.74) is -0.173. The average Bonchev–Trinajstić information content (AvgIpc) is 2.97. The Kier molecular flexibility index (Phi) is 3.79. The summed E-state index contributed by atoms with van der Waals surface area (Å²) in [5, 5.41) is 15.8. The fourth-order valence-electron chi connectivity index (χ4n) is 2.14. The molecule has 1 N–H and O–H groups in total. The third-order valence-electron chi connectivity index (χ3n) is 3.28. The van der Waals surface area contributed by atoms with E-state index in [1.54, 1.807) is 11.9 Å². The number of ether oxygens (including phenoxy) is 1. The summed E-state index contributed by atoms with van der Waals surface area (Å²) in [6, 6.07) is 0.0509. The molecule has 1 amide bonds. The molecule has 1 aromatic rings. The maximum Gasteiger partial charge on any atom is 0.358 e. The van der Waals surface area contributed by atoms with Crippen LogP contribution in [-0.4, -0.2) is 62.7 Å². The molecule has 1 saturated heterocycles. The number of likely N-dealkylation sites (N-methyl/N-ethyl adjacent to an activating group) is 1. The van der Waals surface area contributed by atoms with Gasteiger partial charge in [0.25, 0.3) is 0 Å². The predicted octanol–water partition coefficient (Wildman–Crippen LogP) is -0.388. The molecule has 1 aromatic heterocycles. The van der Waals surface area contributed by atoms with Gasteiger partial charge in [0.05, 0.1) is 18.3 Å². The van der Waals surface area contributed by atoms with Crippen molar-refractivity contribution in [2.45, 2.75) is 32.0 Å². The lowest BCUT2D eigenvalue weighted by molar-refractivity contribution is -0.133. The number of rotatable bonds is 4. The average molecular weight is 268 g/mol. The summed E-state index contributed by atoms with van der Waals surface area (Å²) in [7, 11) is 1.72. The summed E-state index contributed by atoms with van der Waals surface area (Å²) >= 11 is 0. The first-order chi connectivity index (χ1) is 8.99. The Labute approximate surface area is 109 Å². The monoisotopic (exact) mass is 268 g/mol. The van der Waals surface area contributed by atoms with Crippen molar-refractivity contribution in [1.82, 2.24) is 19.9 Å². The standard InChI is InChI=1S/C11H16N4O4/c1-7-9(3-4-19-7)14(2)10(16)6-15-5-8(11(17)18)12-13-15/h5,7,9H,3-4,6H2,1-2H3,(H,17,18). The second kappa shape index (κ2) is 5.35. The van der Waals surface area contributed by atoms with Crippen LogP contribution in [0.25, 0.3) is 0 Å². The van der Waals surface area contributed by atoms with E-state index in [1.165, 1.54) is 10.9 Å². The van der Waals surface area contributed by atoms with Crippen molar-refractivity contribution in [3.8, 4) is 0 Å². The number of aromatic carboxylic acids is 1. The van der Waals surface area contributed by atoms with Crippen LogP contribution >= 0.6 is 0 Å². The van der Waals surface area contributed by atoms with Crippen molar-refractivity contribution in [3.63, 3.8) is 0 Å². The predicted molar refractivity (Wildman–Crippen MR) is 63.6 cm³/mol. The van der Waals surface area contributed by atoms with Gasteiger partial charge in [-0.25, -0.2) is 9.48 Å². The zero-order valence-electron chi connectivity index (χ0n) is 10.8. The highest BCUT2D eigenvalue weighted by molar-refractivity contribution is 5.84. The lowest BCUT2D eigenvalue weighted by atomic mass is 10.1. The smallest absolute Gasteiger partial charge is 0.358 e. The van der Waals surface area contributed by atoms with Gasteiger partial charge in [-0.05, 0) is 13.3 Å². The van der Waals surface area contributed by atoms with Crippen LogP contribution in [0.3, 0.4) is 0 Å². The van der Waals surface area contributed by atoms with Gasteiger partial charge in [-0.1, -0.05) is 5.21 Å². The van der Waals surface area contributed by atoms with Crippen molar-refractivity contribution in [2.24, 2.45) is 0 Å². The maximum absolute atomic E-state index is 12.1. The first-order valence-corrected chi connectivity index (χ1v) is 5.99. The molecule has 8 nitrogen and oxygen atoms in total. The normalized spacial score (nSPS) is 22.4. The van der Waals surface area contributed by atoms with E-state index in [-0.39, 0.29) is 30.3 Å². The number of nitrogens with zero attached hydrogens (tertiary/aromatic N) is 4. The van der Waals surface area contributed by atoms with Gasteiger partial charge in [-0.15, -0.1) is 5.10 Å². The third-order valence-corrected chi connectivity index (χ3v) is 3.28. The van der Waals surface area contributed by atoms with Crippen molar-refractivity contribution < 1.29 is 19.4 Å². The number of hydrogen-bond acceptors (Lipinski definition) is 5. The highest BCUT2D eigenvalue weighted by Crippen LogP contribution is 2.18. The van der Waals surface area contributed by atoms with E-state index in [4.69, 9.17) is 9.84 Å². The van der Waals surface area contributed by atoms with Gasteiger partial charge >= 0.3 is 5.97 Å². The number of carboxylic acid groups (broad SMARTS) is 1. The SMILES string of the molecule is CC1OCCC1N(C)C(=O)Cn1cc(C(=O)O)nn1. The largest absolute Gasteiger partial charge is 0.476 e. The maximum atomic E-state index is 12.1. The molecular formula is C11H16N4O4. The third kappa shape index (κ3) is 2.90. The summed E-state index contributed by atoms with van der Waals surface area (Å²) in [4.78, 5) is 24.3. The van der Waals surface area contributed by atoms with E-state index in [0.717, 1.165) is 6.42 Å². The Morgan fingerprint density at radius 3 is 2.89 bits per heavy atom. The topological polar surface area (TPSA) is 97.5 Å². The van der Waals surface area contributed by atoms with Crippen LogP contribution in [0.5, 0.6) is 0 Å². The van der Waals surface area contributed by atoms with E-state index in [2.05, 4.69) is 10.3 Å². The minimum atomic E-state index is -1.16. The minimum absolute atomic E-state index is 0.0132. The Hall–Kier alpha value is -1.96. The van der Waals surface area contributed by atoms with Gasteiger partial charge in [0.2, 0.25) is 5.91 Å². The van der Waals surface area contributed by atoms with Crippen molar-refractivity contribution in [3.05, 3.63) is 11.9 Å². The van der Waals surface area contributed by atoms with Crippen LogP contribution < -0.4 is 0 Å². The summed E-state index contributed by atoms with van der Waals surface area (Å²) < 4.78 is 6.64. The zero-order chi connectivity index (χ0) is 14.0.